The number of hydrogen-bond acceptors (Lipinski definition) is 3. The quantitative estimate of drug-likeness (QED) is 0.868. The summed E-state index contributed by atoms with van der Waals surface area (Å²) in [7, 11) is 0. The summed E-state index contributed by atoms with van der Waals surface area (Å²) < 4.78 is 0. The predicted molar refractivity (Wildman–Crippen MR) is 69.8 cm³/mol. The summed E-state index contributed by atoms with van der Waals surface area (Å²) in [5.41, 5.74) is 1.14. The van der Waals surface area contributed by atoms with Gasteiger partial charge in [0.25, 0.3) is 0 Å². The molecule has 0 aromatic carbocycles. The zero-order valence-corrected chi connectivity index (χ0v) is 11.5. The summed E-state index contributed by atoms with van der Waals surface area (Å²) in [5.74, 6) is 1.78. The van der Waals surface area contributed by atoms with Crippen LogP contribution < -0.4 is 5.32 Å². The minimum atomic E-state index is 0.414. The molecule has 1 aliphatic carbocycles. The molecule has 1 aliphatic rings. The lowest BCUT2D eigenvalue weighted by Gasteiger charge is -2.39. The van der Waals surface area contributed by atoms with Crippen molar-refractivity contribution in [3.8, 4) is 0 Å². The van der Waals surface area contributed by atoms with Gasteiger partial charge in [0.15, 0.2) is 0 Å². The molecule has 2 nitrogen and oxygen atoms in total. The minimum absolute atomic E-state index is 0.414. The number of aromatic nitrogens is 1. The van der Waals surface area contributed by atoms with Crippen molar-refractivity contribution in [3.63, 3.8) is 0 Å². The van der Waals surface area contributed by atoms with Crippen molar-refractivity contribution in [1.82, 2.24) is 10.3 Å². The fourth-order valence-corrected chi connectivity index (χ4v) is 3.15. The summed E-state index contributed by atoms with van der Waals surface area (Å²) in [6.45, 7) is 8.94. The van der Waals surface area contributed by atoms with Crippen LogP contribution in [0.1, 0.15) is 50.4 Å². The molecule has 1 aromatic heterocycles. The summed E-state index contributed by atoms with van der Waals surface area (Å²) in [6, 6.07) is 1.13. The van der Waals surface area contributed by atoms with Crippen LogP contribution in [-0.4, -0.2) is 11.0 Å². The second kappa shape index (κ2) is 4.84. The Balaban J connectivity index is 1.79. The van der Waals surface area contributed by atoms with Crippen LogP contribution in [-0.2, 0) is 0 Å². The van der Waals surface area contributed by atoms with Gasteiger partial charge in [-0.3, -0.25) is 0 Å². The molecule has 0 amide bonds. The molecular formula is C13H22N2S. The molecule has 1 heterocycles. The minimum Gasteiger partial charge on any atom is -0.305 e. The predicted octanol–water partition coefficient (Wildman–Crippen LogP) is 3.54. The van der Waals surface area contributed by atoms with E-state index in [0.29, 0.717) is 12.1 Å². The average molecular weight is 238 g/mol. The Hall–Kier alpha value is -0.410. The van der Waals surface area contributed by atoms with E-state index in [1.54, 1.807) is 11.3 Å². The van der Waals surface area contributed by atoms with E-state index in [-0.39, 0.29) is 0 Å². The third kappa shape index (κ3) is 2.64. The van der Waals surface area contributed by atoms with Gasteiger partial charge >= 0.3 is 0 Å². The highest BCUT2D eigenvalue weighted by molar-refractivity contribution is 7.09. The van der Waals surface area contributed by atoms with E-state index in [0.717, 1.165) is 17.5 Å². The average Bonchev–Trinajstić information content (AvgIpc) is 2.56. The summed E-state index contributed by atoms with van der Waals surface area (Å²) in [5, 5.41) is 7.04. The summed E-state index contributed by atoms with van der Waals surface area (Å²) in [6.07, 6.45) is 2.68. The monoisotopic (exact) mass is 238 g/mol. The number of aryl methyl sites for hydroxylation is 1. The highest BCUT2D eigenvalue weighted by Crippen LogP contribution is 2.35. The van der Waals surface area contributed by atoms with Gasteiger partial charge in [-0.25, -0.2) is 4.98 Å². The zero-order chi connectivity index (χ0) is 11.7. The molecule has 1 aromatic rings. The molecule has 1 N–H and O–H groups in total. The van der Waals surface area contributed by atoms with Gasteiger partial charge < -0.3 is 5.32 Å². The maximum atomic E-state index is 4.53. The zero-order valence-electron chi connectivity index (χ0n) is 10.7. The van der Waals surface area contributed by atoms with Gasteiger partial charge in [-0.1, -0.05) is 13.8 Å². The molecule has 0 aliphatic heterocycles. The first-order chi connectivity index (χ1) is 7.56. The molecule has 0 bridgehead atoms. The van der Waals surface area contributed by atoms with E-state index >= 15 is 0 Å². The molecule has 0 saturated heterocycles. The Labute approximate surface area is 102 Å². The SMILES string of the molecule is Cc1csc(C(C)NC2CC(C(C)C)C2)n1. The molecule has 1 saturated carbocycles. The van der Waals surface area contributed by atoms with Crippen LogP contribution in [0.2, 0.25) is 0 Å². The van der Waals surface area contributed by atoms with Crippen molar-refractivity contribution in [2.24, 2.45) is 11.8 Å². The first-order valence-corrected chi connectivity index (χ1v) is 7.12. The first kappa shape index (κ1) is 12.1. The number of nitrogens with one attached hydrogen (secondary N) is 1. The van der Waals surface area contributed by atoms with Crippen molar-refractivity contribution >= 4 is 11.3 Å². The Kier molecular flexibility index (Phi) is 3.65. The van der Waals surface area contributed by atoms with Gasteiger partial charge in [0, 0.05) is 17.1 Å². The van der Waals surface area contributed by atoms with E-state index in [2.05, 4.69) is 43.4 Å². The molecule has 0 radical (unpaired) electrons. The Bertz CT molecular complexity index is 339. The number of thiazole rings is 1. The smallest absolute Gasteiger partial charge is 0.110 e. The highest BCUT2D eigenvalue weighted by Gasteiger charge is 2.32. The van der Waals surface area contributed by atoms with Gasteiger partial charge in [-0.05, 0) is 38.5 Å². The van der Waals surface area contributed by atoms with E-state index in [4.69, 9.17) is 0 Å². The Morgan fingerprint density at radius 3 is 2.56 bits per heavy atom. The van der Waals surface area contributed by atoms with Crippen LogP contribution >= 0.6 is 11.3 Å². The van der Waals surface area contributed by atoms with Crippen LogP contribution in [0, 0.1) is 18.8 Å². The standard InChI is InChI=1S/C13H22N2S/c1-8(2)11-5-12(6-11)15-10(4)13-14-9(3)7-16-13/h7-8,10-12,15H,5-6H2,1-4H3. The molecule has 0 spiro atoms. The van der Waals surface area contributed by atoms with Crippen LogP contribution in [0.15, 0.2) is 5.38 Å². The molecule has 3 heteroatoms. The third-order valence-electron chi connectivity index (χ3n) is 3.61. The number of hydrogen-bond donors (Lipinski definition) is 1. The Morgan fingerprint density at radius 2 is 2.06 bits per heavy atom. The van der Waals surface area contributed by atoms with Crippen molar-refractivity contribution in [2.45, 2.75) is 52.6 Å². The van der Waals surface area contributed by atoms with Gasteiger partial charge in [0.05, 0.1) is 6.04 Å². The van der Waals surface area contributed by atoms with Gasteiger partial charge in [0.2, 0.25) is 0 Å². The van der Waals surface area contributed by atoms with Crippen molar-refractivity contribution in [1.29, 1.82) is 0 Å². The second-order valence-corrected chi connectivity index (χ2v) is 6.28. The third-order valence-corrected chi connectivity index (χ3v) is 4.76. The lowest BCUT2D eigenvalue weighted by Crippen LogP contribution is -2.43. The summed E-state index contributed by atoms with van der Waals surface area (Å²) >= 11 is 1.77. The Morgan fingerprint density at radius 1 is 1.38 bits per heavy atom. The molecule has 2 rings (SSSR count). The largest absolute Gasteiger partial charge is 0.305 e. The molecular weight excluding hydrogens is 216 g/mol. The maximum absolute atomic E-state index is 4.53. The first-order valence-electron chi connectivity index (χ1n) is 6.24. The van der Waals surface area contributed by atoms with Crippen LogP contribution in [0.4, 0.5) is 0 Å². The van der Waals surface area contributed by atoms with Crippen molar-refractivity contribution in [3.05, 3.63) is 16.1 Å². The van der Waals surface area contributed by atoms with Crippen LogP contribution in [0.5, 0.6) is 0 Å². The lowest BCUT2D eigenvalue weighted by molar-refractivity contribution is 0.159. The molecule has 16 heavy (non-hydrogen) atoms. The number of rotatable bonds is 4. The topological polar surface area (TPSA) is 24.9 Å². The highest BCUT2D eigenvalue weighted by atomic mass is 32.1. The molecule has 1 fully saturated rings. The van der Waals surface area contributed by atoms with E-state index < -0.39 is 0 Å². The second-order valence-electron chi connectivity index (χ2n) is 5.39. The van der Waals surface area contributed by atoms with Crippen LogP contribution in [0.3, 0.4) is 0 Å². The fraction of sp³-hybridized carbons (Fsp3) is 0.769. The van der Waals surface area contributed by atoms with E-state index in [1.165, 1.54) is 17.8 Å². The van der Waals surface area contributed by atoms with Gasteiger partial charge in [-0.15, -0.1) is 11.3 Å². The molecule has 90 valence electrons. The summed E-state index contributed by atoms with van der Waals surface area (Å²) in [4.78, 5) is 4.53. The van der Waals surface area contributed by atoms with Crippen LogP contribution in [0.25, 0.3) is 0 Å². The normalized spacial score (nSPS) is 26.8. The van der Waals surface area contributed by atoms with E-state index in [9.17, 15) is 0 Å². The fourth-order valence-electron chi connectivity index (χ4n) is 2.34. The lowest BCUT2D eigenvalue weighted by atomic mass is 9.73. The maximum Gasteiger partial charge on any atom is 0.110 e. The molecule has 1 unspecified atom stereocenters. The van der Waals surface area contributed by atoms with Crippen molar-refractivity contribution in [2.75, 3.05) is 0 Å². The van der Waals surface area contributed by atoms with Gasteiger partial charge in [0.1, 0.15) is 5.01 Å². The van der Waals surface area contributed by atoms with Crippen molar-refractivity contribution < 1.29 is 0 Å². The molecule has 1 atom stereocenters. The number of nitrogens with zero attached hydrogens (tertiary/aromatic N) is 1. The van der Waals surface area contributed by atoms with Gasteiger partial charge in [-0.2, -0.15) is 0 Å². The van der Waals surface area contributed by atoms with E-state index in [1.807, 2.05) is 0 Å².